The zero-order valence-electron chi connectivity index (χ0n) is 24.1. The monoisotopic (exact) mass is 616 g/mol. The molecule has 0 fully saturated rings. The van der Waals surface area contributed by atoms with Crippen molar-refractivity contribution < 1.29 is 28.8 Å². The lowest BCUT2D eigenvalue weighted by molar-refractivity contribution is -0.133. The Balaban J connectivity index is 2.27. The van der Waals surface area contributed by atoms with Gasteiger partial charge in [-0.2, -0.15) is 12.6 Å². The highest BCUT2D eigenvalue weighted by Crippen LogP contribution is 2.18. The third kappa shape index (κ3) is 11.2. The zero-order chi connectivity index (χ0) is 31.9. The smallest absolute Gasteiger partial charge is 0.253 e. The lowest BCUT2D eigenvalue weighted by Crippen LogP contribution is -2.57. The van der Waals surface area contributed by atoms with Crippen molar-refractivity contribution in [2.24, 2.45) is 17.2 Å². The van der Waals surface area contributed by atoms with Crippen molar-refractivity contribution in [1.29, 1.82) is 0 Å². The fraction of sp³-hybridized carbons (Fsp3) is 0.464. The van der Waals surface area contributed by atoms with E-state index in [2.05, 4.69) is 38.9 Å². The molecule has 15 heteroatoms. The molecule has 0 aliphatic carbocycles. The number of hydrogen-bond acceptors (Lipinski definition) is 9. The summed E-state index contributed by atoms with van der Waals surface area (Å²) in [6, 6.07) is 5.29. The molecule has 0 saturated heterocycles. The predicted molar refractivity (Wildman–Crippen MR) is 164 cm³/mol. The number of hydrogen-bond donors (Lipinski definition) is 8. The van der Waals surface area contributed by atoms with Gasteiger partial charge in [-0.3, -0.25) is 33.8 Å². The second-order valence-corrected chi connectivity index (χ2v) is 10.2. The van der Waals surface area contributed by atoms with Gasteiger partial charge in [0.1, 0.15) is 18.1 Å². The van der Waals surface area contributed by atoms with Crippen LogP contribution in [0.1, 0.15) is 55.1 Å². The van der Waals surface area contributed by atoms with Crippen molar-refractivity contribution in [2.45, 2.75) is 63.6 Å². The van der Waals surface area contributed by atoms with Crippen molar-refractivity contribution in [1.82, 2.24) is 26.3 Å². The minimum absolute atomic E-state index is 0.0481. The van der Waals surface area contributed by atoms with Gasteiger partial charge in [0.15, 0.2) is 0 Å². The Kier molecular flexibility index (Phi) is 14.4. The Morgan fingerprint density at radius 2 is 1.44 bits per heavy atom. The maximum atomic E-state index is 13.4. The van der Waals surface area contributed by atoms with Crippen molar-refractivity contribution in [2.75, 3.05) is 18.8 Å². The standard InChI is InChI=1S/C28H40N8O6S/c1-2-18-17(14-16-6-3-4-7-19(16)33-18)25(39)34-20(8-10-23(30)37)27(41)35-21(9-11-24(31)38)28(42)36-22(15-43)26(40)32-13-5-12-29/h3-4,6-7,14,20-22,43H,2,5,8-13,15,29H2,1H3,(H2,30,37)(H2,31,38)(H,32,40)(H,34,39)(H,35,41)(H,36,42)/t20-,21-,22-/m0/s1. The Morgan fingerprint density at radius 3 is 2.00 bits per heavy atom. The number of thiol groups is 1. The fourth-order valence-corrected chi connectivity index (χ4v) is 4.40. The minimum atomic E-state index is -1.30. The first-order valence-corrected chi connectivity index (χ1v) is 14.6. The quantitative estimate of drug-likeness (QED) is 0.0744. The van der Waals surface area contributed by atoms with Crippen LogP contribution < -0.4 is 38.5 Å². The summed E-state index contributed by atoms with van der Waals surface area (Å²) in [6.45, 7) is 2.50. The predicted octanol–water partition coefficient (Wildman–Crippen LogP) is -1.21. The van der Waals surface area contributed by atoms with Gasteiger partial charge in [0.2, 0.25) is 29.5 Å². The van der Waals surface area contributed by atoms with E-state index in [1.54, 1.807) is 18.2 Å². The van der Waals surface area contributed by atoms with Crippen LogP contribution in [0.4, 0.5) is 0 Å². The van der Waals surface area contributed by atoms with Gasteiger partial charge in [0, 0.05) is 30.5 Å². The number of aromatic nitrogens is 1. The first-order chi connectivity index (χ1) is 20.5. The molecule has 1 heterocycles. The van der Waals surface area contributed by atoms with Gasteiger partial charge < -0.3 is 38.5 Å². The molecule has 3 atom stereocenters. The molecule has 0 aliphatic rings. The van der Waals surface area contributed by atoms with E-state index in [9.17, 15) is 28.8 Å². The molecule has 2 aromatic rings. The third-order valence-corrected chi connectivity index (χ3v) is 6.86. The van der Waals surface area contributed by atoms with Crippen LogP contribution in [-0.2, 0) is 30.4 Å². The van der Waals surface area contributed by atoms with E-state index >= 15 is 0 Å². The summed E-state index contributed by atoms with van der Waals surface area (Å²) < 4.78 is 0. The molecule has 43 heavy (non-hydrogen) atoms. The summed E-state index contributed by atoms with van der Waals surface area (Å²) in [5.41, 5.74) is 17.5. The van der Waals surface area contributed by atoms with Crippen LogP contribution in [0.25, 0.3) is 10.9 Å². The number of carbonyl (C=O) groups excluding carboxylic acids is 6. The number of benzene rings is 1. The van der Waals surface area contributed by atoms with E-state index in [1.807, 2.05) is 19.1 Å². The Morgan fingerprint density at radius 1 is 0.860 bits per heavy atom. The number of fused-ring (bicyclic) bond motifs is 1. The average Bonchev–Trinajstić information content (AvgIpc) is 2.98. The molecular formula is C28H40N8O6S. The number of amides is 6. The number of carbonyl (C=O) groups is 6. The van der Waals surface area contributed by atoms with Crippen LogP contribution in [0.15, 0.2) is 30.3 Å². The van der Waals surface area contributed by atoms with Crippen LogP contribution in [-0.4, -0.2) is 77.4 Å². The molecule has 234 valence electrons. The van der Waals surface area contributed by atoms with E-state index in [4.69, 9.17) is 17.2 Å². The van der Waals surface area contributed by atoms with E-state index in [0.29, 0.717) is 37.1 Å². The SMILES string of the molecule is CCc1nc2ccccc2cc1C(=O)N[C@@H](CCC(N)=O)C(=O)N[C@@H](CCC(N)=O)C(=O)N[C@@H](CS)C(=O)NCCCN. The van der Waals surface area contributed by atoms with Gasteiger partial charge in [-0.25, -0.2) is 0 Å². The summed E-state index contributed by atoms with van der Waals surface area (Å²) in [5, 5.41) is 11.0. The van der Waals surface area contributed by atoms with Gasteiger partial charge in [-0.15, -0.1) is 0 Å². The zero-order valence-corrected chi connectivity index (χ0v) is 25.0. The van der Waals surface area contributed by atoms with Crippen LogP contribution >= 0.6 is 12.6 Å². The Bertz CT molecular complexity index is 1320. The van der Waals surface area contributed by atoms with E-state index in [-0.39, 0.29) is 37.0 Å². The van der Waals surface area contributed by atoms with Crippen molar-refractivity contribution in [3.63, 3.8) is 0 Å². The van der Waals surface area contributed by atoms with Crippen molar-refractivity contribution in [3.8, 4) is 0 Å². The lowest BCUT2D eigenvalue weighted by atomic mass is 10.0. The minimum Gasteiger partial charge on any atom is -0.370 e. The second kappa shape index (κ2) is 17.7. The summed E-state index contributed by atoms with van der Waals surface area (Å²) in [4.78, 5) is 80.0. The maximum Gasteiger partial charge on any atom is 0.253 e. The molecule has 10 N–H and O–H groups in total. The van der Waals surface area contributed by atoms with Crippen LogP contribution in [0.3, 0.4) is 0 Å². The van der Waals surface area contributed by atoms with Gasteiger partial charge >= 0.3 is 0 Å². The van der Waals surface area contributed by atoms with Gasteiger partial charge in [0.05, 0.1) is 16.8 Å². The molecule has 0 radical (unpaired) electrons. The summed E-state index contributed by atoms with van der Waals surface area (Å²) >= 11 is 4.13. The molecule has 0 bridgehead atoms. The first-order valence-electron chi connectivity index (χ1n) is 14.0. The topological polar surface area (TPSA) is 241 Å². The van der Waals surface area contributed by atoms with E-state index in [0.717, 1.165) is 5.39 Å². The number of rotatable bonds is 18. The maximum absolute atomic E-state index is 13.4. The molecular weight excluding hydrogens is 576 g/mol. The van der Waals surface area contributed by atoms with E-state index < -0.39 is 53.6 Å². The lowest BCUT2D eigenvalue weighted by Gasteiger charge is -2.25. The number of nitrogens with one attached hydrogen (secondary N) is 4. The van der Waals surface area contributed by atoms with Gasteiger partial charge in [-0.1, -0.05) is 25.1 Å². The molecule has 1 aromatic heterocycles. The largest absolute Gasteiger partial charge is 0.370 e. The average molecular weight is 617 g/mol. The summed E-state index contributed by atoms with van der Waals surface area (Å²) in [6.07, 6.45) is 0.122. The second-order valence-electron chi connectivity index (χ2n) is 9.80. The van der Waals surface area contributed by atoms with Crippen LogP contribution in [0.2, 0.25) is 0 Å². The highest BCUT2D eigenvalue weighted by atomic mass is 32.1. The fourth-order valence-electron chi connectivity index (χ4n) is 4.14. The van der Waals surface area contributed by atoms with Gasteiger partial charge in [0.25, 0.3) is 5.91 Å². The number of aryl methyl sites for hydroxylation is 1. The molecule has 2 rings (SSSR count). The van der Waals surface area contributed by atoms with E-state index in [1.165, 1.54) is 0 Å². The number of primary amides is 2. The van der Waals surface area contributed by atoms with Crippen molar-refractivity contribution >= 4 is 59.0 Å². The van der Waals surface area contributed by atoms with Gasteiger partial charge in [-0.05, 0) is 44.4 Å². The highest BCUT2D eigenvalue weighted by Gasteiger charge is 2.30. The van der Waals surface area contributed by atoms with Crippen LogP contribution in [0, 0.1) is 0 Å². The number of nitrogens with zero attached hydrogens (tertiary/aromatic N) is 1. The van der Waals surface area contributed by atoms with Crippen LogP contribution in [0.5, 0.6) is 0 Å². The molecule has 0 unspecified atom stereocenters. The Hall–Kier alpha value is -4.24. The normalized spacial score (nSPS) is 12.9. The Labute approximate surface area is 255 Å². The number of pyridine rings is 1. The molecule has 6 amide bonds. The summed E-state index contributed by atoms with van der Waals surface area (Å²) in [7, 11) is 0. The molecule has 0 spiro atoms. The number of para-hydroxylation sites is 1. The molecule has 1 aromatic carbocycles. The summed E-state index contributed by atoms with van der Waals surface area (Å²) in [5.74, 6) is -4.15. The highest BCUT2D eigenvalue weighted by molar-refractivity contribution is 7.80. The molecule has 0 aliphatic heterocycles. The first kappa shape index (κ1) is 35.0. The number of nitrogens with two attached hydrogens (primary N) is 3. The third-order valence-electron chi connectivity index (χ3n) is 6.49. The molecule has 14 nitrogen and oxygen atoms in total. The molecule has 0 saturated carbocycles. The van der Waals surface area contributed by atoms with Crippen molar-refractivity contribution in [3.05, 3.63) is 41.6 Å².